The van der Waals surface area contributed by atoms with Crippen molar-refractivity contribution in [3.05, 3.63) is 59.7 Å². The number of sulfonamides is 1. The molecule has 0 N–H and O–H groups in total. The van der Waals surface area contributed by atoms with Crippen molar-refractivity contribution >= 4 is 10.0 Å². The highest BCUT2D eigenvalue weighted by Gasteiger charge is 2.43. The molecular formula is C22H24F3NO3S. The largest absolute Gasteiger partial charge is 0.493 e. The van der Waals surface area contributed by atoms with Crippen LogP contribution in [0.1, 0.15) is 43.2 Å². The summed E-state index contributed by atoms with van der Waals surface area (Å²) in [6.45, 7) is 0.707. The second kappa shape index (κ2) is 8.23. The predicted molar refractivity (Wildman–Crippen MR) is 106 cm³/mol. The number of alkyl halides is 3. The number of hydrogen-bond donors (Lipinski definition) is 0. The van der Waals surface area contributed by atoms with E-state index in [1.807, 2.05) is 0 Å². The molecule has 0 aromatic heterocycles. The Balaban J connectivity index is 1.53. The van der Waals surface area contributed by atoms with Gasteiger partial charge in [-0.2, -0.15) is 17.5 Å². The molecule has 0 saturated heterocycles. The molecule has 4 nitrogen and oxygen atoms in total. The van der Waals surface area contributed by atoms with Gasteiger partial charge in [-0.05, 0) is 61.4 Å². The molecule has 0 aliphatic heterocycles. The van der Waals surface area contributed by atoms with Gasteiger partial charge in [0.15, 0.2) is 0 Å². The lowest BCUT2D eigenvalue weighted by molar-refractivity contribution is -0.139. The van der Waals surface area contributed by atoms with Crippen molar-refractivity contribution in [1.82, 2.24) is 4.31 Å². The van der Waals surface area contributed by atoms with Crippen molar-refractivity contribution in [3.63, 3.8) is 0 Å². The molecule has 0 radical (unpaired) electrons. The fourth-order valence-corrected chi connectivity index (χ4v) is 5.46. The fourth-order valence-electron chi connectivity index (χ4n) is 3.57. The number of rotatable bonds is 8. The van der Waals surface area contributed by atoms with Crippen molar-refractivity contribution in [1.29, 1.82) is 0 Å². The van der Waals surface area contributed by atoms with E-state index >= 15 is 0 Å². The van der Waals surface area contributed by atoms with E-state index in [9.17, 15) is 21.6 Å². The quantitative estimate of drug-likeness (QED) is 0.565. The first-order valence-electron chi connectivity index (χ1n) is 10.1. The van der Waals surface area contributed by atoms with Crippen LogP contribution in [0.5, 0.6) is 5.75 Å². The maximum Gasteiger partial charge on any atom is 0.417 e. The molecule has 2 aliphatic carbocycles. The van der Waals surface area contributed by atoms with Crippen LogP contribution in [0.2, 0.25) is 0 Å². The minimum Gasteiger partial charge on any atom is -0.493 e. The van der Waals surface area contributed by atoms with E-state index < -0.39 is 26.7 Å². The summed E-state index contributed by atoms with van der Waals surface area (Å²) in [5.74, 6) is 1.32. The zero-order chi connectivity index (χ0) is 21.4. The Labute approximate surface area is 174 Å². The Morgan fingerprint density at radius 1 is 0.967 bits per heavy atom. The topological polar surface area (TPSA) is 46.6 Å². The highest BCUT2D eigenvalue weighted by molar-refractivity contribution is 7.89. The molecule has 2 aromatic rings. The van der Waals surface area contributed by atoms with E-state index in [-0.39, 0.29) is 12.6 Å². The molecule has 0 heterocycles. The smallest absolute Gasteiger partial charge is 0.417 e. The fraction of sp³-hybridized carbons (Fsp3) is 0.455. The average Bonchev–Trinajstić information content (AvgIpc) is 3.50. The Morgan fingerprint density at radius 2 is 1.63 bits per heavy atom. The van der Waals surface area contributed by atoms with Crippen molar-refractivity contribution in [2.75, 3.05) is 6.61 Å². The predicted octanol–water partition coefficient (Wildman–Crippen LogP) is 5.24. The van der Waals surface area contributed by atoms with Crippen LogP contribution in [0, 0.1) is 5.92 Å². The molecule has 0 bridgehead atoms. The SMILES string of the molecule is O=S(=O)(c1ccccc1C(F)(F)F)N(Cc1ccc(OCC2CCC2)cc1)C1CC1. The molecule has 0 atom stereocenters. The third kappa shape index (κ3) is 4.64. The molecular weight excluding hydrogens is 415 g/mol. The third-order valence-electron chi connectivity index (χ3n) is 5.71. The van der Waals surface area contributed by atoms with Crippen LogP contribution in [-0.2, 0) is 22.7 Å². The second-order valence-corrected chi connectivity index (χ2v) is 9.89. The van der Waals surface area contributed by atoms with Gasteiger partial charge in [-0.3, -0.25) is 0 Å². The Bertz CT molecular complexity index is 981. The van der Waals surface area contributed by atoms with Crippen molar-refractivity contribution in [3.8, 4) is 5.75 Å². The van der Waals surface area contributed by atoms with Gasteiger partial charge in [0, 0.05) is 12.6 Å². The van der Waals surface area contributed by atoms with Gasteiger partial charge in [-0.25, -0.2) is 8.42 Å². The first kappa shape index (κ1) is 21.2. The third-order valence-corrected chi connectivity index (χ3v) is 7.66. The molecule has 0 amide bonds. The summed E-state index contributed by atoms with van der Waals surface area (Å²) in [4.78, 5) is -0.690. The molecule has 30 heavy (non-hydrogen) atoms. The van der Waals surface area contributed by atoms with Crippen LogP contribution in [-0.4, -0.2) is 25.4 Å². The average molecular weight is 439 g/mol. The molecule has 2 saturated carbocycles. The standard InChI is InChI=1S/C22H24F3NO3S/c23-22(24,25)20-6-1-2-7-21(20)30(27,28)26(18-10-11-18)14-16-8-12-19(13-9-16)29-15-17-4-3-5-17/h1-2,6-9,12-13,17-18H,3-5,10-11,14-15H2. The van der Waals surface area contributed by atoms with Crippen LogP contribution in [0.3, 0.4) is 0 Å². The Hall–Kier alpha value is -2.06. The van der Waals surface area contributed by atoms with Crippen molar-refractivity contribution in [2.45, 2.75) is 55.8 Å². The van der Waals surface area contributed by atoms with E-state index in [4.69, 9.17) is 4.74 Å². The van der Waals surface area contributed by atoms with E-state index in [0.717, 1.165) is 12.1 Å². The van der Waals surface area contributed by atoms with E-state index in [1.54, 1.807) is 24.3 Å². The summed E-state index contributed by atoms with van der Waals surface area (Å²) < 4.78 is 73.5. The Kier molecular flexibility index (Phi) is 5.81. The van der Waals surface area contributed by atoms with Crippen LogP contribution >= 0.6 is 0 Å². The van der Waals surface area contributed by atoms with E-state index in [2.05, 4.69) is 0 Å². The summed E-state index contributed by atoms with van der Waals surface area (Å²) in [5, 5.41) is 0. The van der Waals surface area contributed by atoms with E-state index in [1.165, 1.54) is 35.7 Å². The second-order valence-electron chi connectivity index (χ2n) is 8.03. The zero-order valence-corrected chi connectivity index (χ0v) is 17.3. The molecule has 162 valence electrons. The number of benzene rings is 2. The van der Waals surface area contributed by atoms with Gasteiger partial charge in [0.25, 0.3) is 0 Å². The molecule has 2 aliphatic rings. The summed E-state index contributed by atoms with van der Waals surface area (Å²) >= 11 is 0. The van der Waals surface area contributed by atoms with Gasteiger partial charge in [0.2, 0.25) is 10.0 Å². The molecule has 4 rings (SSSR count). The highest BCUT2D eigenvalue weighted by atomic mass is 32.2. The van der Waals surface area contributed by atoms with Crippen LogP contribution < -0.4 is 4.74 Å². The first-order chi connectivity index (χ1) is 14.2. The van der Waals surface area contributed by atoms with Gasteiger partial charge >= 0.3 is 6.18 Å². The minimum absolute atomic E-state index is 0.0299. The number of ether oxygens (including phenoxy) is 1. The lowest BCUT2D eigenvalue weighted by atomic mass is 9.86. The normalized spacial score (nSPS) is 17.7. The number of halogens is 3. The van der Waals surface area contributed by atoms with Crippen LogP contribution in [0.15, 0.2) is 53.4 Å². The van der Waals surface area contributed by atoms with E-state index in [0.29, 0.717) is 36.7 Å². The zero-order valence-electron chi connectivity index (χ0n) is 16.4. The van der Waals surface area contributed by atoms with Gasteiger partial charge in [-0.15, -0.1) is 0 Å². The first-order valence-corrected chi connectivity index (χ1v) is 11.6. The van der Waals surface area contributed by atoms with Gasteiger partial charge in [0.05, 0.1) is 17.1 Å². The minimum atomic E-state index is -4.74. The van der Waals surface area contributed by atoms with Gasteiger partial charge in [0.1, 0.15) is 5.75 Å². The molecule has 0 unspecified atom stereocenters. The number of nitrogens with zero attached hydrogens (tertiary/aromatic N) is 1. The molecule has 2 fully saturated rings. The lowest BCUT2D eigenvalue weighted by Crippen LogP contribution is -2.34. The monoisotopic (exact) mass is 439 g/mol. The number of hydrogen-bond acceptors (Lipinski definition) is 3. The van der Waals surface area contributed by atoms with Crippen molar-refractivity contribution < 1.29 is 26.3 Å². The summed E-state index contributed by atoms with van der Waals surface area (Å²) in [7, 11) is -4.30. The van der Waals surface area contributed by atoms with Crippen LogP contribution in [0.4, 0.5) is 13.2 Å². The highest BCUT2D eigenvalue weighted by Crippen LogP contribution is 2.39. The lowest BCUT2D eigenvalue weighted by Gasteiger charge is -2.25. The summed E-state index contributed by atoms with van der Waals surface area (Å²) in [6.07, 6.45) is 0.178. The van der Waals surface area contributed by atoms with Crippen molar-refractivity contribution in [2.24, 2.45) is 5.92 Å². The summed E-state index contributed by atoms with van der Waals surface area (Å²) in [5.41, 5.74) is -0.415. The maximum atomic E-state index is 13.4. The molecule has 2 aromatic carbocycles. The maximum absolute atomic E-state index is 13.4. The Morgan fingerprint density at radius 3 is 2.20 bits per heavy atom. The van der Waals surface area contributed by atoms with Crippen LogP contribution in [0.25, 0.3) is 0 Å². The van der Waals surface area contributed by atoms with Gasteiger partial charge < -0.3 is 4.74 Å². The molecule has 0 spiro atoms. The van der Waals surface area contributed by atoms with Gasteiger partial charge in [-0.1, -0.05) is 30.7 Å². The molecule has 8 heteroatoms. The summed E-state index contributed by atoms with van der Waals surface area (Å²) in [6, 6.07) is 11.2.